The Bertz CT molecular complexity index is 884. The van der Waals surface area contributed by atoms with Crippen LogP contribution < -0.4 is 0 Å². The molecular weight excluding hydrogens is 306 g/mol. The summed E-state index contributed by atoms with van der Waals surface area (Å²) in [5.41, 5.74) is 0.234. The monoisotopic (exact) mass is 315 g/mol. The molecule has 116 valence electrons. The lowest BCUT2D eigenvalue weighted by Gasteiger charge is -1.98. The summed E-state index contributed by atoms with van der Waals surface area (Å²) in [5.74, 6) is -0.498. The van der Waals surface area contributed by atoms with E-state index in [0.717, 1.165) is 4.80 Å². The summed E-state index contributed by atoms with van der Waals surface area (Å²) >= 11 is 0. The van der Waals surface area contributed by atoms with E-state index in [2.05, 4.69) is 15.4 Å². The molecule has 0 amide bonds. The van der Waals surface area contributed by atoms with Gasteiger partial charge in [0.1, 0.15) is 5.76 Å². The third kappa shape index (κ3) is 2.90. The Kier molecular flexibility index (Phi) is 3.55. The predicted octanol–water partition coefficient (Wildman–Crippen LogP) is 1.59. The molecule has 23 heavy (non-hydrogen) atoms. The minimum Gasteiger partial charge on any atom is -0.480 e. The molecule has 2 aromatic heterocycles. The van der Waals surface area contributed by atoms with Gasteiger partial charge in [-0.05, 0) is 23.4 Å². The van der Waals surface area contributed by atoms with Gasteiger partial charge >= 0.3 is 5.97 Å². The summed E-state index contributed by atoms with van der Waals surface area (Å²) in [4.78, 5) is 22.0. The zero-order valence-electron chi connectivity index (χ0n) is 11.5. The van der Waals surface area contributed by atoms with Gasteiger partial charge in [-0.15, -0.1) is 10.2 Å². The van der Waals surface area contributed by atoms with Crippen LogP contribution in [0, 0.1) is 10.1 Å². The number of hydrogen-bond donors (Lipinski definition) is 1. The molecule has 10 heteroatoms. The third-order valence-electron chi connectivity index (χ3n) is 2.92. The predicted molar refractivity (Wildman–Crippen MR) is 75.2 cm³/mol. The molecule has 3 rings (SSSR count). The molecule has 0 radical (unpaired) electrons. The highest BCUT2D eigenvalue weighted by Gasteiger charge is 2.19. The molecular formula is C13H9N5O5. The lowest BCUT2D eigenvalue weighted by atomic mass is 10.1. The van der Waals surface area contributed by atoms with E-state index >= 15 is 0 Å². The van der Waals surface area contributed by atoms with Crippen LogP contribution in [0.2, 0.25) is 0 Å². The van der Waals surface area contributed by atoms with Crippen LogP contribution in [0.1, 0.15) is 0 Å². The zero-order chi connectivity index (χ0) is 16.4. The number of aromatic nitrogens is 4. The van der Waals surface area contributed by atoms with Crippen LogP contribution in [0.4, 0.5) is 5.69 Å². The van der Waals surface area contributed by atoms with Crippen molar-refractivity contribution in [2.75, 3.05) is 0 Å². The Morgan fingerprint density at radius 3 is 2.74 bits per heavy atom. The molecule has 0 aliphatic carbocycles. The number of carboxylic acid groups (broad SMARTS) is 1. The number of furan rings is 1. The molecule has 1 N–H and O–H groups in total. The van der Waals surface area contributed by atoms with Gasteiger partial charge in [-0.1, -0.05) is 12.1 Å². The van der Waals surface area contributed by atoms with E-state index in [1.807, 2.05) is 0 Å². The number of nitro groups is 1. The molecule has 0 aliphatic rings. The Morgan fingerprint density at radius 1 is 1.26 bits per heavy atom. The first-order valence-electron chi connectivity index (χ1n) is 6.38. The molecule has 10 nitrogen and oxygen atoms in total. The Labute approximate surface area is 128 Å². The molecule has 0 saturated carbocycles. The standard InChI is InChI=1S/C13H9N5O5/c19-12(20)7-17-15-13(14-16-17)11-6-5-10(23-11)8-3-1-2-4-9(8)18(21)22/h1-6H,7H2,(H,19,20). The average Bonchev–Trinajstić information content (AvgIpc) is 3.15. The van der Waals surface area contributed by atoms with Crippen LogP contribution in [0.25, 0.3) is 22.9 Å². The van der Waals surface area contributed by atoms with E-state index in [4.69, 9.17) is 9.52 Å². The number of carboxylic acids is 1. The highest BCUT2D eigenvalue weighted by Crippen LogP contribution is 2.32. The van der Waals surface area contributed by atoms with Crippen molar-refractivity contribution in [1.82, 2.24) is 20.2 Å². The smallest absolute Gasteiger partial charge is 0.327 e. The van der Waals surface area contributed by atoms with Gasteiger partial charge in [0.25, 0.3) is 5.69 Å². The van der Waals surface area contributed by atoms with Gasteiger partial charge in [0.15, 0.2) is 12.3 Å². The van der Waals surface area contributed by atoms with Gasteiger partial charge in [0.05, 0.1) is 10.5 Å². The molecule has 1 aromatic carbocycles. The highest BCUT2D eigenvalue weighted by molar-refractivity contribution is 5.71. The number of carbonyl (C=O) groups is 1. The average molecular weight is 315 g/mol. The van der Waals surface area contributed by atoms with Gasteiger partial charge in [-0.25, -0.2) is 0 Å². The molecule has 2 heterocycles. The fourth-order valence-electron chi connectivity index (χ4n) is 1.97. The van der Waals surface area contributed by atoms with Crippen molar-refractivity contribution >= 4 is 11.7 Å². The fourth-order valence-corrected chi connectivity index (χ4v) is 1.97. The highest BCUT2D eigenvalue weighted by atomic mass is 16.6. The minimum absolute atomic E-state index is 0.0871. The number of hydrogen-bond acceptors (Lipinski definition) is 7. The Hall–Kier alpha value is -3.56. The van der Waals surface area contributed by atoms with Crippen LogP contribution >= 0.6 is 0 Å². The maximum absolute atomic E-state index is 11.0. The van der Waals surface area contributed by atoms with Crippen molar-refractivity contribution in [3.8, 4) is 22.9 Å². The molecule has 0 unspecified atom stereocenters. The molecule has 0 fully saturated rings. The summed E-state index contributed by atoms with van der Waals surface area (Å²) in [6.45, 7) is -0.426. The van der Waals surface area contributed by atoms with Crippen molar-refractivity contribution in [2.45, 2.75) is 6.54 Å². The summed E-state index contributed by atoms with van der Waals surface area (Å²) in [6, 6.07) is 9.24. The topological polar surface area (TPSA) is 137 Å². The van der Waals surface area contributed by atoms with Gasteiger partial charge in [0.2, 0.25) is 5.82 Å². The third-order valence-corrected chi connectivity index (χ3v) is 2.92. The van der Waals surface area contributed by atoms with Crippen molar-refractivity contribution < 1.29 is 19.2 Å². The second kappa shape index (κ2) is 5.67. The molecule has 3 aromatic rings. The quantitative estimate of drug-likeness (QED) is 0.553. The normalized spacial score (nSPS) is 10.6. The largest absolute Gasteiger partial charge is 0.480 e. The lowest BCUT2D eigenvalue weighted by molar-refractivity contribution is -0.384. The van der Waals surface area contributed by atoms with E-state index in [1.165, 1.54) is 12.1 Å². The van der Waals surface area contributed by atoms with Crippen molar-refractivity contribution in [2.24, 2.45) is 0 Å². The van der Waals surface area contributed by atoms with E-state index < -0.39 is 17.4 Å². The van der Waals surface area contributed by atoms with Crippen LogP contribution in [-0.4, -0.2) is 36.2 Å². The van der Waals surface area contributed by atoms with E-state index in [-0.39, 0.29) is 23.0 Å². The SMILES string of the molecule is O=C(O)Cn1nnc(-c2ccc(-c3ccccc3[N+](=O)[O-])o2)n1. The van der Waals surface area contributed by atoms with Crippen molar-refractivity contribution in [3.63, 3.8) is 0 Å². The summed E-state index contributed by atoms with van der Waals surface area (Å²) in [7, 11) is 0. The van der Waals surface area contributed by atoms with Crippen molar-refractivity contribution in [3.05, 3.63) is 46.5 Å². The van der Waals surface area contributed by atoms with Gasteiger partial charge in [-0.2, -0.15) is 4.80 Å². The van der Waals surface area contributed by atoms with Crippen molar-refractivity contribution in [1.29, 1.82) is 0 Å². The van der Waals surface area contributed by atoms with E-state index in [1.54, 1.807) is 24.3 Å². The second-order valence-corrected chi connectivity index (χ2v) is 4.48. The number of benzene rings is 1. The van der Waals surface area contributed by atoms with Crippen LogP contribution in [0.3, 0.4) is 0 Å². The second-order valence-electron chi connectivity index (χ2n) is 4.48. The number of tetrazole rings is 1. The summed E-state index contributed by atoms with van der Waals surface area (Å²) in [6.07, 6.45) is 0. The van der Waals surface area contributed by atoms with Gasteiger partial charge in [-0.3, -0.25) is 14.9 Å². The Balaban J connectivity index is 1.93. The number of aliphatic carboxylic acids is 1. The first-order chi connectivity index (χ1) is 11.0. The zero-order valence-corrected chi connectivity index (χ0v) is 11.5. The van der Waals surface area contributed by atoms with Crippen LogP contribution in [0.5, 0.6) is 0 Å². The molecule has 0 saturated heterocycles. The number of para-hydroxylation sites is 1. The maximum Gasteiger partial charge on any atom is 0.327 e. The van der Waals surface area contributed by atoms with Gasteiger partial charge < -0.3 is 9.52 Å². The molecule has 0 atom stereocenters. The number of rotatable bonds is 5. The Morgan fingerprint density at radius 2 is 2.00 bits per heavy atom. The van der Waals surface area contributed by atoms with Crippen LogP contribution in [0.15, 0.2) is 40.8 Å². The van der Waals surface area contributed by atoms with E-state index in [0.29, 0.717) is 5.56 Å². The molecule has 0 aliphatic heterocycles. The maximum atomic E-state index is 11.0. The fraction of sp³-hybridized carbons (Fsp3) is 0.0769. The first kappa shape index (κ1) is 14.4. The summed E-state index contributed by atoms with van der Waals surface area (Å²) in [5, 5.41) is 30.9. The minimum atomic E-state index is -1.10. The lowest BCUT2D eigenvalue weighted by Crippen LogP contribution is -2.11. The van der Waals surface area contributed by atoms with Gasteiger partial charge in [0, 0.05) is 6.07 Å². The van der Waals surface area contributed by atoms with E-state index in [9.17, 15) is 14.9 Å². The molecule has 0 bridgehead atoms. The number of nitro benzene ring substituents is 1. The molecule has 0 spiro atoms. The summed E-state index contributed by atoms with van der Waals surface area (Å²) < 4.78 is 5.53. The van der Waals surface area contributed by atoms with Crippen LogP contribution in [-0.2, 0) is 11.3 Å². The first-order valence-corrected chi connectivity index (χ1v) is 6.38. The number of nitrogens with zero attached hydrogens (tertiary/aromatic N) is 5.